The van der Waals surface area contributed by atoms with E-state index in [1.54, 1.807) is 0 Å². The van der Waals surface area contributed by atoms with Crippen LogP contribution in [0.3, 0.4) is 0 Å². The van der Waals surface area contributed by atoms with Gasteiger partial charge in [-0.1, -0.05) is 158 Å². The van der Waals surface area contributed by atoms with Gasteiger partial charge in [0.15, 0.2) is 5.82 Å². The maximum absolute atomic E-state index is 6.59. The Hall–Kier alpha value is -7.14. The van der Waals surface area contributed by atoms with E-state index in [9.17, 15) is 0 Å². The van der Waals surface area contributed by atoms with Crippen LogP contribution in [0.1, 0.15) is 0 Å². The molecular weight excluding hydrogens is 701 g/mol. The minimum absolute atomic E-state index is 0.692. The Morgan fingerprint density at radius 3 is 1.71 bits per heavy atom. The number of aromatic nitrogens is 2. The third kappa shape index (κ3) is 5.50. The molecule has 11 aromatic rings. The number of benzene rings is 8. The highest BCUT2D eigenvalue weighted by molar-refractivity contribution is 7.26. The number of rotatable bonds is 6. The van der Waals surface area contributed by atoms with Gasteiger partial charge in [0.1, 0.15) is 11.2 Å². The molecule has 0 N–H and O–H groups in total. The number of hydrogen-bond acceptors (Lipinski definition) is 4. The summed E-state index contributed by atoms with van der Waals surface area (Å²) < 4.78 is 9.14. The topological polar surface area (TPSA) is 38.9 Å². The first kappa shape index (κ1) is 32.3. The highest BCUT2D eigenvalue weighted by atomic mass is 32.1. The van der Waals surface area contributed by atoms with Crippen molar-refractivity contribution >= 4 is 53.4 Å². The van der Waals surface area contributed by atoms with Crippen LogP contribution < -0.4 is 0 Å². The molecule has 0 atom stereocenters. The van der Waals surface area contributed by atoms with Crippen molar-refractivity contribution in [1.82, 2.24) is 9.97 Å². The van der Waals surface area contributed by atoms with Gasteiger partial charge in [-0.25, -0.2) is 9.97 Å². The van der Waals surface area contributed by atoms with Gasteiger partial charge < -0.3 is 4.42 Å². The Kier molecular flexibility index (Phi) is 7.68. The Labute approximate surface area is 327 Å². The maximum Gasteiger partial charge on any atom is 0.160 e. The molecular formula is C52H32N2OS. The van der Waals surface area contributed by atoms with E-state index in [0.717, 1.165) is 77.8 Å². The molecule has 262 valence electrons. The molecule has 0 spiro atoms. The second kappa shape index (κ2) is 13.3. The van der Waals surface area contributed by atoms with Crippen LogP contribution in [0.15, 0.2) is 199 Å². The second-order valence-electron chi connectivity index (χ2n) is 14.1. The van der Waals surface area contributed by atoms with E-state index < -0.39 is 0 Å². The monoisotopic (exact) mass is 732 g/mol. The van der Waals surface area contributed by atoms with E-state index in [-0.39, 0.29) is 0 Å². The maximum atomic E-state index is 6.59. The second-order valence-corrected chi connectivity index (χ2v) is 15.2. The molecule has 0 unspecified atom stereocenters. The van der Waals surface area contributed by atoms with Gasteiger partial charge in [-0.15, -0.1) is 11.3 Å². The minimum Gasteiger partial charge on any atom is -0.455 e. The molecule has 0 aliphatic heterocycles. The first-order valence-corrected chi connectivity index (χ1v) is 19.6. The highest BCUT2D eigenvalue weighted by Gasteiger charge is 2.19. The number of thiophene rings is 1. The number of hydrogen-bond donors (Lipinski definition) is 0. The Bertz CT molecular complexity index is 3190. The summed E-state index contributed by atoms with van der Waals surface area (Å²) in [6.45, 7) is 0. The van der Waals surface area contributed by atoms with Gasteiger partial charge in [0.05, 0.1) is 11.4 Å². The largest absolute Gasteiger partial charge is 0.455 e. The molecule has 0 aliphatic carbocycles. The molecule has 3 heterocycles. The van der Waals surface area contributed by atoms with Gasteiger partial charge >= 0.3 is 0 Å². The molecule has 3 aromatic heterocycles. The number of nitrogens with zero attached hydrogens (tertiary/aromatic N) is 2. The van der Waals surface area contributed by atoms with Crippen molar-refractivity contribution in [1.29, 1.82) is 0 Å². The van der Waals surface area contributed by atoms with Crippen molar-refractivity contribution in [2.45, 2.75) is 0 Å². The summed E-state index contributed by atoms with van der Waals surface area (Å²) in [4.78, 5) is 10.4. The van der Waals surface area contributed by atoms with Gasteiger partial charge in [-0.3, -0.25) is 0 Å². The Balaban J connectivity index is 1.18. The molecule has 11 rings (SSSR count). The zero-order valence-electron chi connectivity index (χ0n) is 30.2. The van der Waals surface area contributed by atoms with Crippen LogP contribution in [0.5, 0.6) is 0 Å². The van der Waals surface area contributed by atoms with Gasteiger partial charge in [0.25, 0.3) is 0 Å². The number of fused-ring (bicyclic) bond motifs is 6. The summed E-state index contributed by atoms with van der Waals surface area (Å²) in [6.07, 6.45) is 0. The SMILES string of the molecule is c1ccc(-c2cc(-c3cc(-c4ccccc4-c4cccc5c4oc4ccccc45)cc(-c4cccc5c4sc4ccccc45)c3)nc(-c3ccccc3)n2)cc1. The van der Waals surface area contributed by atoms with Gasteiger partial charge in [0.2, 0.25) is 0 Å². The fourth-order valence-electron chi connectivity index (χ4n) is 8.06. The Morgan fingerprint density at radius 2 is 0.911 bits per heavy atom. The standard InChI is InChI=1S/C52H32N2OS/c1-3-15-33(16-4-1)46-32-47(54-52(53-46)34-17-5-2-6-18-34)37-30-35(29-36(31-37)39-23-13-26-45-42-22-10-12-28-49(42)56-51(39)45)38-19-7-8-20-40(38)43-24-14-25-44-41-21-9-11-27-48(41)55-50(43)44/h1-32H. The smallest absolute Gasteiger partial charge is 0.160 e. The number of para-hydroxylation sites is 2. The van der Waals surface area contributed by atoms with Crippen molar-refractivity contribution in [3.05, 3.63) is 194 Å². The molecule has 0 saturated carbocycles. The average Bonchev–Trinajstić information content (AvgIpc) is 3.86. The van der Waals surface area contributed by atoms with Gasteiger partial charge in [-0.05, 0) is 64.2 Å². The third-order valence-corrected chi connectivity index (χ3v) is 11.9. The van der Waals surface area contributed by atoms with Crippen LogP contribution in [0.4, 0.5) is 0 Å². The quantitative estimate of drug-likeness (QED) is 0.171. The zero-order valence-corrected chi connectivity index (χ0v) is 31.0. The lowest BCUT2D eigenvalue weighted by molar-refractivity contribution is 0.670. The van der Waals surface area contributed by atoms with E-state index in [0.29, 0.717) is 5.82 Å². The molecule has 0 amide bonds. The molecule has 0 bridgehead atoms. The van der Waals surface area contributed by atoms with Crippen LogP contribution in [0.2, 0.25) is 0 Å². The summed E-state index contributed by atoms with van der Waals surface area (Å²) in [5.74, 6) is 0.692. The molecule has 56 heavy (non-hydrogen) atoms. The summed E-state index contributed by atoms with van der Waals surface area (Å²) in [7, 11) is 0. The molecule has 0 fully saturated rings. The van der Waals surface area contributed by atoms with Crippen LogP contribution in [-0.4, -0.2) is 9.97 Å². The van der Waals surface area contributed by atoms with E-state index in [2.05, 4.69) is 158 Å². The summed E-state index contributed by atoms with van der Waals surface area (Å²) >= 11 is 1.85. The summed E-state index contributed by atoms with van der Waals surface area (Å²) in [5.41, 5.74) is 13.3. The average molecular weight is 733 g/mol. The lowest BCUT2D eigenvalue weighted by atomic mass is 9.89. The zero-order chi connectivity index (χ0) is 37.0. The fourth-order valence-corrected chi connectivity index (χ4v) is 9.30. The van der Waals surface area contributed by atoms with E-state index in [1.165, 1.54) is 25.7 Å². The van der Waals surface area contributed by atoms with Crippen molar-refractivity contribution < 1.29 is 4.42 Å². The van der Waals surface area contributed by atoms with Crippen molar-refractivity contribution in [3.63, 3.8) is 0 Å². The molecule has 0 aliphatic rings. The highest BCUT2D eigenvalue weighted by Crippen LogP contribution is 2.45. The van der Waals surface area contributed by atoms with E-state index in [4.69, 9.17) is 14.4 Å². The minimum atomic E-state index is 0.692. The molecule has 4 heteroatoms. The lowest BCUT2D eigenvalue weighted by Crippen LogP contribution is -1.96. The van der Waals surface area contributed by atoms with Crippen LogP contribution in [-0.2, 0) is 0 Å². The third-order valence-electron chi connectivity index (χ3n) is 10.7. The molecule has 8 aromatic carbocycles. The van der Waals surface area contributed by atoms with Gasteiger partial charge in [-0.2, -0.15) is 0 Å². The predicted molar refractivity (Wildman–Crippen MR) is 235 cm³/mol. The normalized spacial score (nSPS) is 11.6. The van der Waals surface area contributed by atoms with Crippen LogP contribution >= 0.6 is 11.3 Å². The molecule has 0 saturated heterocycles. The first-order chi connectivity index (χ1) is 27.7. The van der Waals surface area contributed by atoms with E-state index >= 15 is 0 Å². The molecule has 3 nitrogen and oxygen atoms in total. The molecule has 0 radical (unpaired) electrons. The first-order valence-electron chi connectivity index (χ1n) is 18.8. The van der Waals surface area contributed by atoms with Crippen LogP contribution in [0.25, 0.3) is 109 Å². The van der Waals surface area contributed by atoms with Gasteiger partial charge in [0, 0.05) is 53.2 Å². The lowest BCUT2D eigenvalue weighted by Gasteiger charge is -2.16. The van der Waals surface area contributed by atoms with Crippen molar-refractivity contribution in [2.75, 3.05) is 0 Å². The van der Waals surface area contributed by atoms with E-state index in [1.807, 2.05) is 47.7 Å². The summed E-state index contributed by atoms with van der Waals surface area (Å²) in [6, 6.07) is 68.5. The number of furan rings is 1. The summed E-state index contributed by atoms with van der Waals surface area (Å²) in [5, 5.41) is 4.79. The van der Waals surface area contributed by atoms with Crippen LogP contribution in [0, 0.1) is 0 Å². The Morgan fingerprint density at radius 1 is 0.357 bits per heavy atom. The fraction of sp³-hybridized carbons (Fsp3) is 0. The predicted octanol–water partition coefficient (Wildman–Crippen LogP) is 14.7. The van der Waals surface area contributed by atoms with Crippen molar-refractivity contribution in [3.8, 4) is 67.3 Å². The van der Waals surface area contributed by atoms with Crippen molar-refractivity contribution in [2.24, 2.45) is 0 Å².